The Hall–Kier alpha value is -3.58. The van der Waals surface area contributed by atoms with Crippen molar-refractivity contribution < 1.29 is 9.53 Å². The van der Waals surface area contributed by atoms with E-state index in [1.165, 1.54) is 17.3 Å². The molecule has 7 heteroatoms. The maximum absolute atomic E-state index is 12.1. The van der Waals surface area contributed by atoms with Gasteiger partial charge in [0.25, 0.3) is 5.91 Å². The number of H-pyrrole nitrogens is 1. The molecule has 4 rings (SSSR count). The number of hydrazone groups is 1. The zero-order valence-electron chi connectivity index (χ0n) is 17.0. The van der Waals surface area contributed by atoms with E-state index in [4.69, 9.17) is 4.74 Å². The first kappa shape index (κ1) is 20.7. The number of nitrogens with zero attached hydrogens (tertiary/aromatic N) is 2. The van der Waals surface area contributed by atoms with E-state index < -0.39 is 0 Å². The molecule has 0 fully saturated rings. The Kier molecular flexibility index (Phi) is 6.64. The number of nitrogens with one attached hydrogen (secondary N) is 2. The number of carbonyl (C=O) groups is 1. The summed E-state index contributed by atoms with van der Waals surface area (Å²) in [6.07, 6.45) is 1.60. The highest BCUT2D eigenvalue weighted by molar-refractivity contribution is 7.99. The third kappa shape index (κ3) is 5.73. The van der Waals surface area contributed by atoms with Crippen LogP contribution in [0, 0.1) is 6.92 Å². The summed E-state index contributed by atoms with van der Waals surface area (Å²) in [4.78, 5) is 19.7. The third-order valence-corrected chi connectivity index (χ3v) is 5.50. The maximum atomic E-state index is 12.1. The number of fused-ring (bicyclic) bond motifs is 1. The molecule has 0 aliphatic rings. The minimum absolute atomic E-state index is 0.200. The number of aryl methyl sites for hydroxylation is 1. The predicted octanol–water partition coefficient (Wildman–Crippen LogP) is 4.69. The Labute approximate surface area is 184 Å². The van der Waals surface area contributed by atoms with Crippen LogP contribution >= 0.6 is 11.8 Å². The number of carbonyl (C=O) groups excluding carboxylic acids is 1. The van der Waals surface area contributed by atoms with Gasteiger partial charge in [0.2, 0.25) is 0 Å². The zero-order valence-corrected chi connectivity index (χ0v) is 17.9. The molecule has 0 radical (unpaired) electrons. The topological polar surface area (TPSA) is 79.4 Å². The van der Waals surface area contributed by atoms with Gasteiger partial charge >= 0.3 is 0 Å². The van der Waals surface area contributed by atoms with E-state index in [9.17, 15) is 4.79 Å². The summed E-state index contributed by atoms with van der Waals surface area (Å²) in [5.74, 6) is 0.768. The molecule has 4 aromatic rings. The Morgan fingerprint density at radius 1 is 1.13 bits per heavy atom. The van der Waals surface area contributed by atoms with Crippen LogP contribution in [-0.4, -0.2) is 27.8 Å². The molecule has 1 aromatic heterocycles. The van der Waals surface area contributed by atoms with E-state index in [0.717, 1.165) is 27.9 Å². The van der Waals surface area contributed by atoms with Crippen LogP contribution < -0.4 is 10.2 Å². The molecule has 0 spiro atoms. The van der Waals surface area contributed by atoms with Gasteiger partial charge in [-0.2, -0.15) is 5.10 Å². The van der Waals surface area contributed by atoms with Gasteiger partial charge in [-0.15, -0.1) is 0 Å². The molecule has 0 unspecified atom stereocenters. The normalized spacial score (nSPS) is 11.1. The average Bonchev–Trinajstić information content (AvgIpc) is 3.21. The van der Waals surface area contributed by atoms with Crippen LogP contribution in [-0.2, 0) is 11.4 Å². The predicted molar refractivity (Wildman–Crippen MR) is 125 cm³/mol. The van der Waals surface area contributed by atoms with Crippen LogP contribution in [0.5, 0.6) is 5.75 Å². The van der Waals surface area contributed by atoms with Gasteiger partial charge in [-0.3, -0.25) is 4.79 Å². The lowest BCUT2D eigenvalue weighted by Crippen LogP contribution is -2.19. The number of aromatic amines is 1. The molecule has 0 saturated heterocycles. The molecule has 31 heavy (non-hydrogen) atoms. The lowest BCUT2D eigenvalue weighted by atomic mass is 10.1. The second-order valence-electron chi connectivity index (χ2n) is 6.93. The molecule has 3 aromatic carbocycles. The van der Waals surface area contributed by atoms with Crippen LogP contribution in [0.15, 0.2) is 83.1 Å². The number of hydrogen-bond acceptors (Lipinski definition) is 5. The van der Waals surface area contributed by atoms with Crippen molar-refractivity contribution in [1.29, 1.82) is 0 Å². The number of aromatic nitrogens is 2. The summed E-state index contributed by atoms with van der Waals surface area (Å²) in [5.41, 5.74) is 7.57. The third-order valence-electron chi connectivity index (χ3n) is 4.62. The largest absolute Gasteiger partial charge is 0.489 e. The first-order chi connectivity index (χ1) is 15.2. The van der Waals surface area contributed by atoms with Gasteiger partial charge in [-0.05, 0) is 47.9 Å². The van der Waals surface area contributed by atoms with Crippen LogP contribution in [0.1, 0.15) is 16.7 Å². The fraction of sp³-hybridized carbons (Fsp3) is 0.125. The van der Waals surface area contributed by atoms with Crippen molar-refractivity contribution in [2.24, 2.45) is 5.10 Å². The van der Waals surface area contributed by atoms with Gasteiger partial charge in [-0.25, -0.2) is 10.4 Å². The van der Waals surface area contributed by atoms with Crippen LogP contribution in [0.2, 0.25) is 0 Å². The summed E-state index contributed by atoms with van der Waals surface area (Å²) in [6, 6.07) is 23.5. The van der Waals surface area contributed by atoms with E-state index >= 15 is 0 Å². The summed E-state index contributed by atoms with van der Waals surface area (Å²) in [5, 5.41) is 4.75. The average molecular weight is 431 g/mol. The van der Waals surface area contributed by atoms with Crippen molar-refractivity contribution >= 4 is 34.9 Å². The number of ether oxygens (including phenoxy) is 1. The van der Waals surface area contributed by atoms with Gasteiger partial charge in [0.15, 0.2) is 5.16 Å². The van der Waals surface area contributed by atoms with Crippen LogP contribution in [0.25, 0.3) is 11.0 Å². The van der Waals surface area contributed by atoms with Gasteiger partial charge in [0.1, 0.15) is 12.4 Å². The van der Waals surface area contributed by atoms with Crippen molar-refractivity contribution in [2.75, 3.05) is 5.75 Å². The van der Waals surface area contributed by atoms with E-state index in [0.29, 0.717) is 11.8 Å². The van der Waals surface area contributed by atoms with Crippen LogP contribution in [0.3, 0.4) is 0 Å². The van der Waals surface area contributed by atoms with Gasteiger partial charge in [0, 0.05) is 0 Å². The molecule has 2 N–H and O–H groups in total. The maximum Gasteiger partial charge on any atom is 0.250 e. The second kappa shape index (κ2) is 9.95. The number of amides is 1. The summed E-state index contributed by atoms with van der Waals surface area (Å²) in [7, 11) is 0. The number of thioether (sulfide) groups is 1. The van der Waals surface area contributed by atoms with Crippen molar-refractivity contribution in [3.63, 3.8) is 0 Å². The van der Waals surface area contributed by atoms with Crippen molar-refractivity contribution in [3.8, 4) is 5.75 Å². The molecule has 1 heterocycles. The number of imidazole rings is 1. The molecule has 0 bridgehead atoms. The first-order valence-electron chi connectivity index (χ1n) is 9.84. The highest BCUT2D eigenvalue weighted by atomic mass is 32.2. The molecular formula is C24H22N4O2S. The Bertz CT molecular complexity index is 1190. The molecule has 6 nitrogen and oxygen atoms in total. The van der Waals surface area contributed by atoms with Gasteiger partial charge in [0.05, 0.1) is 23.0 Å². The number of hydrogen-bond donors (Lipinski definition) is 2. The molecule has 156 valence electrons. The van der Waals surface area contributed by atoms with Gasteiger partial charge in [-0.1, -0.05) is 60.3 Å². The fourth-order valence-corrected chi connectivity index (χ4v) is 3.64. The smallest absolute Gasteiger partial charge is 0.250 e. The lowest BCUT2D eigenvalue weighted by Gasteiger charge is -2.09. The van der Waals surface area contributed by atoms with Crippen LogP contribution in [0.4, 0.5) is 0 Å². The van der Waals surface area contributed by atoms with E-state index in [-0.39, 0.29) is 11.7 Å². The highest BCUT2D eigenvalue weighted by Gasteiger charge is 2.06. The van der Waals surface area contributed by atoms with Crippen molar-refractivity contribution in [3.05, 3.63) is 89.5 Å². The SMILES string of the molecule is Cc1ccccc1COc1cccc(/C=N/NC(=O)CSc2nc3ccccc3[nH]2)c1. The number of benzene rings is 3. The quantitative estimate of drug-likeness (QED) is 0.241. The summed E-state index contributed by atoms with van der Waals surface area (Å²) < 4.78 is 5.89. The summed E-state index contributed by atoms with van der Waals surface area (Å²) in [6.45, 7) is 2.57. The van der Waals surface area contributed by atoms with Gasteiger partial charge < -0.3 is 9.72 Å². The minimum Gasteiger partial charge on any atom is -0.489 e. The molecule has 0 aliphatic heterocycles. The molecular weight excluding hydrogens is 408 g/mol. The molecule has 0 aliphatic carbocycles. The number of rotatable bonds is 8. The monoisotopic (exact) mass is 430 g/mol. The fourth-order valence-electron chi connectivity index (χ4n) is 2.96. The lowest BCUT2D eigenvalue weighted by molar-refractivity contribution is -0.118. The first-order valence-corrected chi connectivity index (χ1v) is 10.8. The Balaban J connectivity index is 1.26. The molecule has 1 amide bonds. The number of para-hydroxylation sites is 2. The Morgan fingerprint density at radius 3 is 2.84 bits per heavy atom. The second-order valence-corrected chi connectivity index (χ2v) is 7.89. The molecule has 0 saturated carbocycles. The van der Waals surface area contributed by atoms with E-state index in [2.05, 4.69) is 39.6 Å². The zero-order chi connectivity index (χ0) is 21.5. The van der Waals surface area contributed by atoms with E-state index in [1.54, 1.807) is 6.21 Å². The molecule has 0 atom stereocenters. The highest BCUT2D eigenvalue weighted by Crippen LogP contribution is 2.19. The van der Waals surface area contributed by atoms with Crippen molar-refractivity contribution in [1.82, 2.24) is 15.4 Å². The summed E-state index contributed by atoms with van der Waals surface area (Å²) >= 11 is 1.34. The Morgan fingerprint density at radius 2 is 1.97 bits per heavy atom. The van der Waals surface area contributed by atoms with Crippen molar-refractivity contribution in [2.45, 2.75) is 18.7 Å². The minimum atomic E-state index is -0.200. The van der Waals surface area contributed by atoms with E-state index in [1.807, 2.05) is 60.7 Å². The standard InChI is InChI=1S/C24H22N4O2S/c1-17-7-2-3-9-19(17)15-30-20-10-6-8-18(13-20)14-25-28-23(29)16-31-24-26-21-11-4-5-12-22(21)27-24/h2-14H,15-16H2,1H3,(H,26,27)(H,28,29)/b25-14+.